The summed E-state index contributed by atoms with van der Waals surface area (Å²) in [6, 6.07) is -0.265. The highest BCUT2D eigenvalue weighted by molar-refractivity contribution is 5.10. The van der Waals surface area contributed by atoms with Gasteiger partial charge in [-0.2, -0.15) is 0 Å². The maximum absolute atomic E-state index is 9.74. The van der Waals surface area contributed by atoms with Crippen LogP contribution in [0.15, 0.2) is 12.2 Å². The number of aliphatic hydroxyl groups excluding tert-OH is 3. The highest BCUT2D eigenvalue weighted by Gasteiger charge is 2.32. The van der Waals surface area contributed by atoms with Crippen molar-refractivity contribution in [1.29, 1.82) is 0 Å². The van der Waals surface area contributed by atoms with Gasteiger partial charge in [0.25, 0.3) is 0 Å². The monoisotopic (exact) mass is 229 g/mol. The largest absolute Gasteiger partial charge is 0.388 e. The molecule has 0 spiro atoms. The maximum Gasteiger partial charge on any atom is 0.111 e. The zero-order chi connectivity index (χ0) is 12.1. The van der Waals surface area contributed by atoms with Crippen LogP contribution in [-0.4, -0.2) is 46.2 Å². The Hall–Kier alpha value is -0.420. The average molecular weight is 229 g/mol. The number of hydrogen-bond donors (Lipinski definition) is 4. The molecule has 4 nitrogen and oxygen atoms in total. The molecular formula is C12H23NO3. The molecule has 0 aromatic rings. The van der Waals surface area contributed by atoms with E-state index in [-0.39, 0.29) is 6.04 Å². The molecule has 0 saturated carbocycles. The van der Waals surface area contributed by atoms with Crippen molar-refractivity contribution in [1.82, 2.24) is 5.32 Å². The van der Waals surface area contributed by atoms with E-state index in [0.717, 1.165) is 19.4 Å². The van der Waals surface area contributed by atoms with E-state index < -0.39 is 18.3 Å². The first-order valence-corrected chi connectivity index (χ1v) is 6.06. The fourth-order valence-corrected chi connectivity index (χ4v) is 1.94. The summed E-state index contributed by atoms with van der Waals surface area (Å²) in [6.45, 7) is 5.10. The van der Waals surface area contributed by atoms with Crippen molar-refractivity contribution in [2.45, 2.75) is 51.0 Å². The Morgan fingerprint density at radius 1 is 1.06 bits per heavy atom. The van der Waals surface area contributed by atoms with Gasteiger partial charge in [0.15, 0.2) is 0 Å². The third-order valence-corrected chi connectivity index (χ3v) is 3.38. The molecule has 0 aromatic heterocycles. The zero-order valence-corrected chi connectivity index (χ0v) is 10.0. The molecule has 1 rings (SSSR count). The molecule has 1 aliphatic carbocycles. The molecule has 94 valence electrons. The van der Waals surface area contributed by atoms with Crippen molar-refractivity contribution in [2.75, 3.05) is 6.54 Å². The van der Waals surface area contributed by atoms with Crippen LogP contribution >= 0.6 is 0 Å². The Balaban J connectivity index is 2.45. The van der Waals surface area contributed by atoms with Gasteiger partial charge in [-0.15, -0.1) is 0 Å². The van der Waals surface area contributed by atoms with Gasteiger partial charge >= 0.3 is 0 Å². The van der Waals surface area contributed by atoms with Crippen LogP contribution in [-0.2, 0) is 0 Å². The van der Waals surface area contributed by atoms with Crippen LogP contribution in [0.5, 0.6) is 0 Å². The van der Waals surface area contributed by atoms with Crippen LogP contribution in [0.1, 0.15) is 26.7 Å². The van der Waals surface area contributed by atoms with E-state index in [0.29, 0.717) is 5.92 Å². The van der Waals surface area contributed by atoms with E-state index in [1.54, 1.807) is 6.08 Å². The Morgan fingerprint density at radius 2 is 1.69 bits per heavy atom. The Labute approximate surface area is 97.0 Å². The van der Waals surface area contributed by atoms with Gasteiger partial charge in [0, 0.05) is 0 Å². The predicted octanol–water partition coefficient (Wildman–Crippen LogP) is 0.0333. The van der Waals surface area contributed by atoms with Gasteiger partial charge in [0.2, 0.25) is 0 Å². The Morgan fingerprint density at radius 3 is 2.25 bits per heavy atom. The minimum Gasteiger partial charge on any atom is -0.388 e. The second kappa shape index (κ2) is 6.35. The summed E-state index contributed by atoms with van der Waals surface area (Å²) in [5.74, 6) is 0.588. The molecule has 0 unspecified atom stereocenters. The van der Waals surface area contributed by atoms with Gasteiger partial charge in [0.1, 0.15) is 18.3 Å². The third-order valence-electron chi connectivity index (χ3n) is 3.38. The van der Waals surface area contributed by atoms with Crippen molar-refractivity contribution in [3.63, 3.8) is 0 Å². The van der Waals surface area contributed by atoms with E-state index in [1.165, 1.54) is 6.08 Å². The van der Waals surface area contributed by atoms with E-state index in [4.69, 9.17) is 0 Å². The molecule has 4 atom stereocenters. The van der Waals surface area contributed by atoms with Crippen molar-refractivity contribution < 1.29 is 15.3 Å². The number of nitrogens with one attached hydrogen (secondary N) is 1. The molecule has 16 heavy (non-hydrogen) atoms. The summed E-state index contributed by atoms with van der Waals surface area (Å²) in [5.41, 5.74) is 0. The van der Waals surface area contributed by atoms with Crippen LogP contribution in [0, 0.1) is 5.92 Å². The topological polar surface area (TPSA) is 72.7 Å². The molecule has 0 saturated heterocycles. The second-order valence-corrected chi connectivity index (χ2v) is 4.47. The minimum absolute atomic E-state index is 0.265. The summed E-state index contributed by atoms with van der Waals surface area (Å²) in [5, 5.41) is 31.8. The number of hydrogen-bond acceptors (Lipinski definition) is 4. The SMILES string of the molecule is CCC(CC)CN[C@H]1C=C[C@@H](O)[C@@H](O)[C@@H]1O. The smallest absolute Gasteiger partial charge is 0.111 e. The zero-order valence-electron chi connectivity index (χ0n) is 10.0. The molecule has 0 radical (unpaired) electrons. The van der Waals surface area contributed by atoms with Gasteiger partial charge in [-0.05, 0) is 12.5 Å². The van der Waals surface area contributed by atoms with Gasteiger partial charge in [0.05, 0.1) is 6.04 Å². The molecule has 0 aromatic carbocycles. The Bertz CT molecular complexity index is 228. The summed E-state index contributed by atoms with van der Waals surface area (Å²) in [7, 11) is 0. The Kier molecular flexibility index (Phi) is 5.41. The van der Waals surface area contributed by atoms with Crippen molar-refractivity contribution in [3.8, 4) is 0 Å². The van der Waals surface area contributed by atoms with Crippen molar-refractivity contribution in [2.24, 2.45) is 5.92 Å². The molecule has 4 N–H and O–H groups in total. The maximum atomic E-state index is 9.74. The quantitative estimate of drug-likeness (QED) is 0.502. The van der Waals surface area contributed by atoms with Crippen LogP contribution in [0.2, 0.25) is 0 Å². The normalized spacial score (nSPS) is 34.6. The van der Waals surface area contributed by atoms with E-state index in [1.807, 2.05) is 0 Å². The van der Waals surface area contributed by atoms with Crippen LogP contribution < -0.4 is 5.32 Å². The standard InChI is InChI=1S/C12H23NO3/c1-3-8(4-2)7-13-9-5-6-10(14)12(16)11(9)15/h5-6,8-16H,3-4,7H2,1-2H3/t9-,10+,11+,12+/m0/s1. The van der Waals surface area contributed by atoms with E-state index in [9.17, 15) is 15.3 Å². The van der Waals surface area contributed by atoms with Crippen LogP contribution in [0.4, 0.5) is 0 Å². The fourth-order valence-electron chi connectivity index (χ4n) is 1.94. The van der Waals surface area contributed by atoms with Gasteiger partial charge in [-0.1, -0.05) is 38.8 Å². The average Bonchev–Trinajstić information content (AvgIpc) is 2.30. The molecule has 4 heteroatoms. The molecule has 0 fully saturated rings. The third kappa shape index (κ3) is 3.28. The first-order chi connectivity index (χ1) is 7.60. The summed E-state index contributed by atoms with van der Waals surface area (Å²) < 4.78 is 0. The molecule has 0 aliphatic heterocycles. The molecular weight excluding hydrogens is 206 g/mol. The van der Waals surface area contributed by atoms with Gasteiger partial charge in [-0.3, -0.25) is 0 Å². The van der Waals surface area contributed by atoms with E-state index >= 15 is 0 Å². The predicted molar refractivity (Wildman–Crippen MR) is 63.0 cm³/mol. The van der Waals surface area contributed by atoms with Crippen LogP contribution in [0.25, 0.3) is 0 Å². The first kappa shape index (κ1) is 13.6. The van der Waals surface area contributed by atoms with Crippen molar-refractivity contribution in [3.05, 3.63) is 12.2 Å². The van der Waals surface area contributed by atoms with E-state index in [2.05, 4.69) is 19.2 Å². The summed E-state index contributed by atoms with van der Waals surface area (Å²) in [4.78, 5) is 0. The summed E-state index contributed by atoms with van der Waals surface area (Å²) >= 11 is 0. The molecule has 1 aliphatic rings. The second-order valence-electron chi connectivity index (χ2n) is 4.47. The lowest BCUT2D eigenvalue weighted by atomic mass is 9.93. The highest BCUT2D eigenvalue weighted by Crippen LogP contribution is 2.14. The molecule has 0 bridgehead atoms. The molecule has 0 heterocycles. The molecule has 0 amide bonds. The van der Waals surface area contributed by atoms with Gasteiger partial charge in [-0.25, -0.2) is 0 Å². The number of aliphatic hydroxyl groups is 3. The highest BCUT2D eigenvalue weighted by atomic mass is 16.4. The van der Waals surface area contributed by atoms with Gasteiger partial charge < -0.3 is 20.6 Å². The number of rotatable bonds is 5. The van der Waals surface area contributed by atoms with Crippen molar-refractivity contribution >= 4 is 0 Å². The fraction of sp³-hybridized carbons (Fsp3) is 0.833. The lowest BCUT2D eigenvalue weighted by Crippen LogP contribution is -2.52. The first-order valence-electron chi connectivity index (χ1n) is 6.06. The van der Waals surface area contributed by atoms with Crippen LogP contribution in [0.3, 0.4) is 0 Å². The summed E-state index contributed by atoms with van der Waals surface area (Å²) in [6.07, 6.45) is 2.47. The lowest BCUT2D eigenvalue weighted by Gasteiger charge is -2.32. The lowest BCUT2D eigenvalue weighted by molar-refractivity contribution is -0.0568. The minimum atomic E-state index is -1.09.